The maximum absolute atomic E-state index is 13.9. The Kier molecular flexibility index (Phi) is 12.3. The number of hydrogen-bond donors (Lipinski definition) is 4. The average molecular weight is 783 g/mol. The quantitative estimate of drug-likeness (QED) is 0.156. The maximum Gasteiger partial charge on any atom is 0.405 e. The fourth-order valence-corrected chi connectivity index (χ4v) is 7.07. The Hall–Kier alpha value is -4.72. The van der Waals surface area contributed by atoms with Crippen molar-refractivity contribution in [2.24, 2.45) is 5.92 Å². The summed E-state index contributed by atoms with van der Waals surface area (Å²) in [6.45, 7) is 2.55. The van der Waals surface area contributed by atoms with Gasteiger partial charge in [-0.1, -0.05) is 48.0 Å². The van der Waals surface area contributed by atoms with Crippen LogP contribution in [0.2, 0.25) is 5.02 Å². The van der Waals surface area contributed by atoms with Gasteiger partial charge in [0, 0.05) is 49.4 Å². The lowest BCUT2D eigenvalue weighted by Gasteiger charge is -2.46. The SMILES string of the molecule is CC(C)(c1ncc(-c2ccc(Cl)cn2)o1)N1CCN(C[C@@H](O)C[C@@H](Cc2c#cccc2)C(=O)N[C@H]2c3ccccc3OC[C@H]2O)[C@H](C(=O)NCC(F)(F)F)C1. The summed E-state index contributed by atoms with van der Waals surface area (Å²) in [7, 11) is 0. The lowest BCUT2D eigenvalue weighted by atomic mass is 9.91. The van der Waals surface area contributed by atoms with Gasteiger partial charge in [0.1, 0.15) is 36.7 Å². The topological polar surface area (TPSA) is 153 Å². The number of aromatic nitrogens is 2. The van der Waals surface area contributed by atoms with Crippen LogP contribution in [0, 0.1) is 18.1 Å². The van der Waals surface area contributed by atoms with E-state index in [-0.39, 0.29) is 39.1 Å². The van der Waals surface area contributed by atoms with Crippen LogP contribution in [0.4, 0.5) is 13.2 Å². The number of rotatable bonds is 13. The third kappa shape index (κ3) is 9.94. The second-order valence-corrected chi connectivity index (χ2v) is 14.7. The van der Waals surface area contributed by atoms with Crippen molar-refractivity contribution in [3.8, 4) is 17.2 Å². The number of pyridine rings is 1. The molecule has 6 rings (SSSR count). The van der Waals surface area contributed by atoms with E-state index in [0.717, 1.165) is 0 Å². The van der Waals surface area contributed by atoms with Gasteiger partial charge in [-0.3, -0.25) is 24.4 Å². The van der Waals surface area contributed by atoms with Gasteiger partial charge in [0.2, 0.25) is 17.7 Å². The number of alkyl halides is 3. The summed E-state index contributed by atoms with van der Waals surface area (Å²) in [4.78, 5) is 39.7. The Labute approximate surface area is 321 Å². The van der Waals surface area contributed by atoms with Crippen LogP contribution < -0.4 is 15.4 Å². The average Bonchev–Trinajstić information content (AvgIpc) is 3.67. The van der Waals surface area contributed by atoms with Gasteiger partial charge < -0.3 is 30.0 Å². The summed E-state index contributed by atoms with van der Waals surface area (Å²) in [5.41, 5.74) is 0.887. The summed E-state index contributed by atoms with van der Waals surface area (Å²) >= 11 is 5.97. The number of piperazine rings is 1. The summed E-state index contributed by atoms with van der Waals surface area (Å²) in [6, 6.07) is 19.6. The number of amides is 2. The molecule has 4 heterocycles. The molecule has 2 aromatic heterocycles. The number of β-amino-alcohol motifs (C(OH)–C–C–N with tert-alkyl or cyclic N) is 1. The molecular weight excluding hydrogens is 741 g/mol. The first-order valence-electron chi connectivity index (χ1n) is 17.8. The van der Waals surface area contributed by atoms with E-state index >= 15 is 0 Å². The lowest BCUT2D eigenvalue weighted by molar-refractivity contribution is -0.144. The van der Waals surface area contributed by atoms with E-state index in [2.05, 4.69) is 27.4 Å². The number of halogens is 4. The highest BCUT2D eigenvalue weighted by Gasteiger charge is 2.43. The van der Waals surface area contributed by atoms with E-state index in [9.17, 15) is 33.0 Å². The number of carbonyl (C=O) groups is 2. The van der Waals surface area contributed by atoms with E-state index in [0.29, 0.717) is 45.8 Å². The monoisotopic (exact) mass is 782 g/mol. The number of aliphatic hydroxyl groups is 2. The number of oxazole rings is 1. The molecule has 55 heavy (non-hydrogen) atoms. The second kappa shape index (κ2) is 17.0. The number of fused-ring (bicyclic) bond motifs is 1. The van der Waals surface area contributed by atoms with Crippen molar-refractivity contribution in [2.75, 3.05) is 39.3 Å². The molecule has 2 amide bonds. The van der Waals surface area contributed by atoms with E-state index in [1.807, 2.05) is 24.1 Å². The van der Waals surface area contributed by atoms with Crippen molar-refractivity contribution < 1.29 is 42.1 Å². The maximum atomic E-state index is 13.9. The van der Waals surface area contributed by atoms with Gasteiger partial charge in [0.05, 0.1) is 28.9 Å². The van der Waals surface area contributed by atoms with Crippen LogP contribution in [-0.2, 0) is 21.5 Å². The van der Waals surface area contributed by atoms with Crippen LogP contribution >= 0.6 is 11.6 Å². The zero-order valence-electron chi connectivity index (χ0n) is 30.2. The molecule has 4 aromatic rings. The Morgan fingerprint density at radius 1 is 1.09 bits per heavy atom. The Balaban J connectivity index is 1.18. The normalized spacial score (nSPS) is 20.4. The van der Waals surface area contributed by atoms with Crippen LogP contribution in [0.15, 0.2) is 71.4 Å². The van der Waals surface area contributed by atoms with Crippen LogP contribution in [0.25, 0.3) is 11.5 Å². The first-order valence-corrected chi connectivity index (χ1v) is 18.2. The minimum Gasteiger partial charge on any atom is -0.490 e. The largest absolute Gasteiger partial charge is 0.490 e. The van der Waals surface area contributed by atoms with Crippen LogP contribution in [-0.4, -0.2) is 106 Å². The van der Waals surface area contributed by atoms with Gasteiger partial charge in [-0.25, -0.2) is 4.98 Å². The Bertz CT molecular complexity index is 1910. The molecule has 0 aliphatic carbocycles. The fraction of sp³-hybridized carbons (Fsp3) is 0.436. The number of para-hydroxylation sites is 1. The molecule has 2 aromatic carbocycles. The molecule has 0 spiro atoms. The van der Waals surface area contributed by atoms with E-state index in [4.69, 9.17) is 20.8 Å². The van der Waals surface area contributed by atoms with Crippen LogP contribution in [0.1, 0.15) is 43.3 Å². The molecule has 12 nitrogen and oxygen atoms in total. The molecular formula is C39H42ClF3N6O6. The predicted molar refractivity (Wildman–Crippen MR) is 195 cm³/mol. The lowest BCUT2D eigenvalue weighted by Crippen LogP contribution is -2.63. The van der Waals surface area contributed by atoms with Gasteiger partial charge in [-0.2, -0.15) is 13.2 Å². The molecule has 0 radical (unpaired) electrons. The third-order valence-corrected chi connectivity index (χ3v) is 10.2. The summed E-state index contributed by atoms with van der Waals surface area (Å²) in [5, 5.41) is 27.7. The van der Waals surface area contributed by atoms with Gasteiger partial charge in [0.15, 0.2) is 5.76 Å². The Morgan fingerprint density at radius 3 is 2.62 bits per heavy atom. The van der Waals surface area contributed by atoms with E-state index in [1.54, 1.807) is 59.5 Å². The highest BCUT2D eigenvalue weighted by molar-refractivity contribution is 6.30. The van der Waals surface area contributed by atoms with Crippen LogP contribution in [0.5, 0.6) is 5.75 Å². The summed E-state index contributed by atoms with van der Waals surface area (Å²) < 4.78 is 51.4. The van der Waals surface area contributed by atoms with Crippen LogP contribution in [0.3, 0.4) is 0 Å². The number of carbonyl (C=O) groups excluding carboxylic acids is 2. The zero-order valence-corrected chi connectivity index (χ0v) is 31.0. The van der Waals surface area contributed by atoms with Gasteiger partial charge in [-0.05, 0) is 57.0 Å². The second-order valence-electron chi connectivity index (χ2n) is 14.3. The van der Waals surface area contributed by atoms with Gasteiger partial charge >= 0.3 is 6.18 Å². The van der Waals surface area contributed by atoms with Gasteiger partial charge in [0.25, 0.3) is 0 Å². The molecule has 0 unspecified atom stereocenters. The molecule has 0 saturated carbocycles. The summed E-state index contributed by atoms with van der Waals surface area (Å²) in [5.74, 6) is -0.859. The molecule has 2 aliphatic rings. The first kappa shape index (κ1) is 40.0. The van der Waals surface area contributed by atoms with E-state index < -0.39 is 60.3 Å². The highest BCUT2D eigenvalue weighted by atomic mass is 35.5. The molecule has 4 N–H and O–H groups in total. The zero-order chi connectivity index (χ0) is 39.3. The van der Waals surface area contributed by atoms with Crippen molar-refractivity contribution in [3.05, 3.63) is 101 Å². The smallest absolute Gasteiger partial charge is 0.405 e. The number of hydrogen-bond acceptors (Lipinski definition) is 10. The third-order valence-electron chi connectivity index (χ3n) is 9.95. The van der Waals surface area contributed by atoms with Crippen molar-refractivity contribution in [1.82, 2.24) is 30.4 Å². The Morgan fingerprint density at radius 2 is 1.89 bits per heavy atom. The fourth-order valence-electron chi connectivity index (χ4n) is 6.96. The van der Waals surface area contributed by atoms with Crippen molar-refractivity contribution in [2.45, 2.75) is 62.7 Å². The molecule has 0 bridgehead atoms. The number of ether oxygens (including phenoxy) is 1. The van der Waals surface area contributed by atoms with E-state index in [1.165, 1.54) is 12.4 Å². The van der Waals surface area contributed by atoms with Crippen molar-refractivity contribution in [1.29, 1.82) is 0 Å². The number of aliphatic hydroxyl groups excluding tert-OH is 2. The molecule has 16 heteroatoms. The standard InChI is InChI=1S/C39H42ClF3N6O6/c1-38(2,37-45-19-33(55-37)29-13-12-26(40)18-44-29)49-15-14-48(30(21-49)36(53)46-23-39(41,42)43)20-27(50)17-25(16-24-8-4-3-5-9-24)35(52)47-34-28-10-6-7-11-32(28)54-22-31(34)51/h3-4,6-8,10-13,18-19,25,27,30-31,34,50-51H,14-17,20-23H2,1-2H3,(H,46,53)(H,47,52)/t25-,27+,30+,31-,34+/m1/s1. The van der Waals surface area contributed by atoms with Gasteiger partial charge in [-0.15, -0.1) is 0 Å². The minimum absolute atomic E-state index is 0.0138. The summed E-state index contributed by atoms with van der Waals surface area (Å²) in [6.07, 6.45) is -3.71. The van der Waals surface area contributed by atoms with Crippen molar-refractivity contribution in [3.63, 3.8) is 0 Å². The number of benzene rings is 1. The molecule has 5 atom stereocenters. The number of nitrogens with zero attached hydrogens (tertiary/aromatic N) is 4. The highest BCUT2D eigenvalue weighted by Crippen LogP contribution is 2.34. The first-order chi connectivity index (χ1) is 26.2. The molecule has 292 valence electrons. The predicted octanol–water partition coefficient (Wildman–Crippen LogP) is 4.11. The molecule has 1 saturated heterocycles. The molecule has 1 fully saturated rings. The number of nitrogens with one attached hydrogen (secondary N) is 2. The van der Waals surface area contributed by atoms with Crippen molar-refractivity contribution >= 4 is 23.4 Å². The molecule has 2 aliphatic heterocycles. The minimum atomic E-state index is -4.64.